The zero-order valence-corrected chi connectivity index (χ0v) is 15.9. The van der Waals surface area contributed by atoms with Gasteiger partial charge in [-0.2, -0.15) is 0 Å². The Kier molecular flexibility index (Phi) is 7.47. The van der Waals surface area contributed by atoms with E-state index < -0.39 is 0 Å². The number of benzene rings is 2. The van der Waals surface area contributed by atoms with Gasteiger partial charge in [0.1, 0.15) is 0 Å². The van der Waals surface area contributed by atoms with Gasteiger partial charge in [-0.25, -0.2) is 0 Å². The summed E-state index contributed by atoms with van der Waals surface area (Å²) in [5.41, 5.74) is 4.19. The molecule has 0 heterocycles. The van der Waals surface area contributed by atoms with Gasteiger partial charge in [0, 0.05) is 0 Å². The first-order chi connectivity index (χ1) is 11.7. The molecular formula is C22H30LiN. The van der Waals surface area contributed by atoms with E-state index in [1.807, 2.05) is 0 Å². The minimum absolute atomic E-state index is 0.0955. The molecule has 0 amide bonds. The van der Waals surface area contributed by atoms with Gasteiger partial charge in [0.25, 0.3) is 0 Å². The third kappa shape index (κ3) is 4.47. The second-order valence-electron chi connectivity index (χ2n) is 6.87. The molecule has 0 bridgehead atoms. The van der Waals surface area contributed by atoms with Crippen molar-refractivity contribution in [3.63, 3.8) is 0 Å². The first kappa shape index (κ1) is 19.2. The first-order valence-corrected chi connectivity index (χ1v) is 9.56. The topological polar surface area (TPSA) is 3.24 Å². The third-order valence-corrected chi connectivity index (χ3v) is 5.32. The van der Waals surface area contributed by atoms with Gasteiger partial charge in [0.05, 0.1) is 0 Å². The Morgan fingerprint density at radius 1 is 0.792 bits per heavy atom. The summed E-state index contributed by atoms with van der Waals surface area (Å²) in [5.74, 6) is 0. The Bertz CT molecular complexity index is 589. The summed E-state index contributed by atoms with van der Waals surface area (Å²) in [6.45, 7) is 8.83. The average Bonchev–Trinajstić information content (AvgIpc) is 2.64. The molecule has 1 unspecified atom stereocenters. The molecule has 0 radical (unpaired) electrons. The molecule has 1 atom stereocenters. The second kappa shape index (κ2) is 9.35. The van der Waals surface area contributed by atoms with Crippen molar-refractivity contribution in [2.24, 2.45) is 0 Å². The number of rotatable bonds is 9. The molecule has 0 saturated carbocycles. The van der Waals surface area contributed by atoms with E-state index in [4.69, 9.17) is 0 Å². The number of hydrogen-bond acceptors (Lipinski definition) is 1. The van der Waals surface area contributed by atoms with E-state index in [2.05, 4.69) is 98.0 Å². The van der Waals surface area contributed by atoms with Crippen molar-refractivity contribution in [2.75, 3.05) is 18.0 Å². The molecule has 0 N–H and O–H groups in total. The van der Waals surface area contributed by atoms with Crippen LogP contribution in [0.4, 0.5) is 5.69 Å². The summed E-state index contributed by atoms with van der Waals surface area (Å²) in [4.78, 5) is 2.40. The van der Waals surface area contributed by atoms with Gasteiger partial charge in [0.15, 0.2) is 0 Å². The van der Waals surface area contributed by atoms with Crippen LogP contribution in [0.15, 0.2) is 54.6 Å². The molecule has 2 aromatic carbocycles. The number of hydrogen-bond donors (Lipinski definition) is 0. The fraction of sp³-hybridized carbons (Fsp3) is 0.455. The van der Waals surface area contributed by atoms with Gasteiger partial charge in [-0.1, -0.05) is 0 Å². The molecule has 0 aliphatic heterocycles. The van der Waals surface area contributed by atoms with Crippen molar-refractivity contribution in [3.05, 3.63) is 65.7 Å². The van der Waals surface area contributed by atoms with Crippen LogP contribution in [0.5, 0.6) is 0 Å². The standard InChI is InChI=1S/C22H30N.Li/c1-4-7-9-14-22(19-12-10-8-11-13-19)20-15-17-21(18-16-20)23(5-2)6-3;/h8,10-13,15-18H,4-7,9,14H2,1-3H3;. The predicted octanol–water partition coefficient (Wildman–Crippen LogP) is 5.53. The van der Waals surface area contributed by atoms with Crippen LogP contribution in [0, 0.1) is 0 Å². The van der Waals surface area contributed by atoms with Crippen LogP contribution in [0.3, 0.4) is 0 Å². The summed E-state index contributed by atoms with van der Waals surface area (Å²) < 4.78 is 0.0955. The Balaban J connectivity index is 2.33. The van der Waals surface area contributed by atoms with Crippen LogP contribution in [0.1, 0.15) is 57.6 Å². The van der Waals surface area contributed by atoms with E-state index in [1.54, 1.807) is 0 Å². The van der Waals surface area contributed by atoms with E-state index in [-0.39, 0.29) is 4.09 Å². The molecule has 2 aromatic rings. The van der Waals surface area contributed by atoms with Crippen LogP contribution in [0.25, 0.3) is 0 Å². The summed E-state index contributed by atoms with van der Waals surface area (Å²) in [6.07, 6.45) is 5.06. The fourth-order valence-electron chi connectivity index (χ4n) is 3.62. The third-order valence-electron chi connectivity index (χ3n) is 5.32. The molecule has 0 aliphatic rings. The maximum absolute atomic E-state index is 2.41. The Morgan fingerprint density at radius 3 is 1.92 bits per heavy atom. The van der Waals surface area contributed by atoms with Gasteiger partial charge in [0.2, 0.25) is 0 Å². The van der Waals surface area contributed by atoms with Gasteiger partial charge in [-0.05, 0) is 0 Å². The molecular weight excluding hydrogens is 285 g/mol. The van der Waals surface area contributed by atoms with Crippen molar-refractivity contribution in [1.82, 2.24) is 0 Å². The molecule has 0 aromatic heterocycles. The number of unbranched alkanes of at least 4 members (excludes halogenated alkanes) is 2. The van der Waals surface area contributed by atoms with Crippen LogP contribution in [-0.2, 0) is 4.09 Å². The van der Waals surface area contributed by atoms with Crippen molar-refractivity contribution >= 4 is 23.4 Å². The van der Waals surface area contributed by atoms with E-state index in [1.165, 1.54) is 42.5 Å². The molecule has 24 heavy (non-hydrogen) atoms. The van der Waals surface area contributed by atoms with Crippen molar-refractivity contribution in [3.8, 4) is 0 Å². The molecule has 2 heteroatoms. The molecule has 0 spiro atoms. The van der Waals surface area contributed by atoms with Crippen molar-refractivity contribution < 1.29 is 0 Å². The SMILES string of the molecule is [Li][C](CCCCC)(c1ccccc1)c1ccc(N(CC)CC)cc1. The van der Waals surface area contributed by atoms with Gasteiger partial charge >= 0.3 is 158 Å². The summed E-state index contributed by atoms with van der Waals surface area (Å²) in [7, 11) is 0. The average molecular weight is 315 g/mol. The Labute approximate surface area is 157 Å². The van der Waals surface area contributed by atoms with Crippen LogP contribution >= 0.6 is 0 Å². The van der Waals surface area contributed by atoms with Gasteiger partial charge in [-0.15, -0.1) is 0 Å². The number of nitrogens with zero attached hydrogens (tertiary/aromatic N) is 1. The zero-order valence-electron chi connectivity index (χ0n) is 15.9. The monoisotopic (exact) mass is 315 g/mol. The Hall–Kier alpha value is -1.16. The van der Waals surface area contributed by atoms with Crippen molar-refractivity contribution in [1.29, 1.82) is 0 Å². The maximum atomic E-state index is 2.41. The van der Waals surface area contributed by atoms with E-state index in [9.17, 15) is 0 Å². The first-order valence-electron chi connectivity index (χ1n) is 9.56. The minimum atomic E-state index is 0.0955. The number of anilines is 1. The molecule has 1 nitrogen and oxygen atoms in total. The zero-order chi connectivity index (χ0) is 17.4. The Morgan fingerprint density at radius 2 is 1.38 bits per heavy atom. The van der Waals surface area contributed by atoms with Gasteiger partial charge < -0.3 is 0 Å². The van der Waals surface area contributed by atoms with E-state index in [0.717, 1.165) is 13.1 Å². The summed E-state index contributed by atoms with van der Waals surface area (Å²) in [5, 5.41) is 0. The van der Waals surface area contributed by atoms with Gasteiger partial charge in [-0.3, -0.25) is 0 Å². The predicted molar refractivity (Wildman–Crippen MR) is 107 cm³/mol. The van der Waals surface area contributed by atoms with Crippen LogP contribution < -0.4 is 4.90 Å². The van der Waals surface area contributed by atoms with Crippen molar-refractivity contribution in [2.45, 2.75) is 50.5 Å². The van der Waals surface area contributed by atoms with E-state index >= 15 is 0 Å². The second-order valence-corrected chi connectivity index (χ2v) is 6.87. The quantitative estimate of drug-likeness (QED) is 0.435. The normalized spacial score (nSPS) is 13.5. The van der Waals surface area contributed by atoms with Crippen LogP contribution in [0.2, 0.25) is 0 Å². The summed E-state index contributed by atoms with van der Waals surface area (Å²) in [6, 6.07) is 20.3. The molecule has 0 fully saturated rings. The summed E-state index contributed by atoms with van der Waals surface area (Å²) >= 11 is 2.41. The molecule has 124 valence electrons. The fourth-order valence-corrected chi connectivity index (χ4v) is 3.62. The van der Waals surface area contributed by atoms with Crippen LogP contribution in [-0.4, -0.2) is 30.8 Å². The molecule has 0 aliphatic carbocycles. The van der Waals surface area contributed by atoms with E-state index in [0.29, 0.717) is 0 Å². The molecule has 2 rings (SSSR count). The molecule has 0 saturated heterocycles.